The monoisotopic (exact) mass is 3110 g/mol. The van der Waals surface area contributed by atoms with Crippen molar-refractivity contribution in [2.45, 2.75) is 45.8 Å². The topological polar surface area (TPSA) is 254 Å². The number of hydrogen-bond donors (Lipinski definition) is 3. The molecule has 0 atom stereocenters. The minimum atomic E-state index is -1.46. The zero-order valence-corrected chi connectivity index (χ0v) is 96.1. The molecule has 0 saturated heterocycles. The maximum absolute atomic E-state index is 13.5. The quantitative estimate of drug-likeness (QED) is 0.0841. The molecule has 6 radical (unpaired) electrons. The van der Waals surface area contributed by atoms with E-state index >= 15 is 0 Å². The predicted octanol–water partition coefficient (Wildman–Crippen LogP) is 26.5. The third-order valence-corrected chi connectivity index (χ3v) is 26.2. The number of hydrogen-bond acceptors (Lipinski definition) is 12. The number of carbonyl (C=O) groups is 3. The number of rotatable bonds is 4. The fourth-order valence-electron chi connectivity index (χ4n) is 17.4. The number of fused-ring (bicyclic) bond motifs is 36. The van der Waals surface area contributed by atoms with E-state index in [1.807, 2.05) is 143 Å². The Bertz CT molecular complexity index is 8590. The van der Waals surface area contributed by atoms with Gasteiger partial charge in [-0.05, 0) is 122 Å². The van der Waals surface area contributed by atoms with Gasteiger partial charge in [-0.25, -0.2) is 33.7 Å². The molecule has 15 aromatic heterocycles. The molecule has 0 aliphatic heterocycles. The van der Waals surface area contributed by atoms with Gasteiger partial charge in [0.2, 0.25) is 0 Å². The number of aromatic nitrogens is 15. The van der Waals surface area contributed by atoms with Gasteiger partial charge in [0.25, 0.3) is 0 Å². The number of carboxylic acids is 3. The van der Waals surface area contributed by atoms with Crippen molar-refractivity contribution in [1.29, 1.82) is 0 Å². The zero-order valence-electron chi connectivity index (χ0n) is 78.4. The van der Waals surface area contributed by atoms with Gasteiger partial charge < -0.3 is 41.7 Å². The summed E-state index contributed by atoms with van der Waals surface area (Å²) in [6.45, 7) is 13.8. The molecular weight excluding hydrogens is 3020 g/mol. The summed E-state index contributed by atoms with van der Waals surface area (Å²) in [7, 11) is -1.46. The number of halogens is 4. The van der Waals surface area contributed by atoms with Crippen LogP contribution in [0.4, 0.5) is 8.78 Å². The van der Waals surface area contributed by atoms with Crippen LogP contribution in [-0.2, 0) is 126 Å². The fraction of sp³-hybridized carbons (Fsp3) is 0.0609. The number of nitrogens with zero attached hydrogens (tertiary/aromatic N) is 15. The van der Waals surface area contributed by atoms with E-state index in [1.165, 1.54) is 109 Å². The molecule has 147 heavy (non-hydrogen) atoms. The summed E-state index contributed by atoms with van der Waals surface area (Å²) in [5.41, 5.74) is 13.8. The maximum Gasteiger partial charge on any atom is 0.354 e. The van der Waals surface area contributed by atoms with Gasteiger partial charge >= 0.3 is 17.9 Å². The molecule has 0 fully saturated rings. The molecule has 744 valence electrons. The van der Waals surface area contributed by atoms with E-state index in [4.69, 9.17) is 36.9 Å². The predicted molar refractivity (Wildman–Crippen MR) is 562 cm³/mol. The number of imidazole rings is 6. The van der Waals surface area contributed by atoms with E-state index in [-0.39, 0.29) is 155 Å². The van der Waals surface area contributed by atoms with E-state index in [9.17, 15) is 23.2 Å². The van der Waals surface area contributed by atoms with Gasteiger partial charge in [0.15, 0.2) is 0 Å². The van der Waals surface area contributed by atoms with Crippen LogP contribution in [0.1, 0.15) is 57.9 Å². The SMILES string of the molecule is Brc1c[c-]c2c(c1)c1ccccc1n1ccnc21.CC(C)(C)c1cnc2c3[c-]cccc3c3ccccc3n12.C[Si](C)(C)c1cnc2c3[c-]cccc3c3ccccc3n12.Clc1c[c-]c2c(c1)c1ccccc1n1ccnc21.Fc1c[c-]c2c(c1)c1ccccc1n1ccnc21.Fc1ccc2c(c1)c1ccc[c-]c1c1nccn21.O=C(O)c1ccccn1.O=C(O)c1ccccn1.O=C(O)c1ccccn1.[Ir].[Ir].[Ir].[Ir].[Ir].[Ir]. The first-order valence-electron chi connectivity index (χ1n) is 44.6. The summed E-state index contributed by atoms with van der Waals surface area (Å²) in [6, 6.07) is 109. The largest absolute Gasteiger partial charge is 0.477 e. The van der Waals surface area contributed by atoms with Crippen LogP contribution in [0.3, 0.4) is 0 Å². The van der Waals surface area contributed by atoms with Gasteiger partial charge in [0.1, 0.15) is 22.9 Å². The molecule has 0 bridgehead atoms. The van der Waals surface area contributed by atoms with E-state index < -0.39 is 26.0 Å². The number of benzene rings is 12. The third kappa shape index (κ3) is 23.1. The van der Waals surface area contributed by atoms with Gasteiger partial charge in [-0.2, -0.15) is 0 Å². The Morgan fingerprint density at radius 2 is 0.639 bits per heavy atom. The molecule has 0 aliphatic carbocycles. The summed E-state index contributed by atoms with van der Waals surface area (Å²) >= 11 is 9.60. The van der Waals surface area contributed by atoms with Crippen molar-refractivity contribution in [2.75, 3.05) is 0 Å². The van der Waals surface area contributed by atoms with E-state index in [0.29, 0.717) is 5.02 Å². The summed E-state index contributed by atoms with van der Waals surface area (Å²) in [4.78, 5) is 68.1. The van der Waals surface area contributed by atoms with Crippen molar-refractivity contribution in [2.24, 2.45) is 0 Å². The first-order valence-corrected chi connectivity index (χ1v) is 49.3. The van der Waals surface area contributed by atoms with Crippen LogP contribution in [-0.4, -0.2) is 113 Å². The molecule has 27 rings (SSSR count). The Labute approximate surface area is 935 Å². The zero-order chi connectivity index (χ0) is 97.7. The second kappa shape index (κ2) is 48.4. The average molecular weight is 3100 g/mol. The Balaban J connectivity index is 0.000000139. The van der Waals surface area contributed by atoms with Gasteiger partial charge in [-0.15, -0.1) is 182 Å². The van der Waals surface area contributed by atoms with Crippen LogP contribution in [0.2, 0.25) is 24.7 Å². The summed E-state index contributed by atoms with van der Waals surface area (Å²) < 4.78 is 40.7. The van der Waals surface area contributed by atoms with Crippen molar-refractivity contribution in [3.63, 3.8) is 0 Å². The van der Waals surface area contributed by atoms with Crippen LogP contribution in [0.15, 0.2) is 370 Å². The van der Waals surface area contributed by atoms with Gasteiger partial charge in [0, 0.05) is 257 Å². The van der Waals surface area contributed by atoms with Gasteiger partial charge in [-0.1, -0.05) is 192 Å². The average Bonchev–Trinajstić information content (AvgIpc) is 1.60. The number of aromatic carboxylic acids is 3. The molecule has 0 unspecified atom stereocenters. The van der Waals surface area contributed by atoms with Crippen molar-refractivity contribution in [3.8, 4) is 0 Å². The maximum atomic E-state index is 13.5. The molecule has 27 aromatic rings. The summed E-state index contributed by atoms with van der Waals surface area (Å²) in [5.74, 6) is -3.47. The first-order chi connectivity index (χ1) is 68.4. The Kier molecular flexibility index (Phi) is 36.5. The minimum absolute atomic E-state index is 0. The smallest absolute Gasteiger partial charge is 0.354 e. The van der Waals surface area contributed by atoms with E-state index in [2.05, 4.69) is 255 Å². The molecule has 32 heteroatoms. The number of carboxylic acid groups (broad SMARTS) is 3. The Morgan fingerprint density at radius 3 is 1.03 bits per heavy atom. The van der Waals surface area contributed by atoms with Crippen LogP contribution < -0.4 is 5.32 Å². The van der Waals surface area contributed by atoms with E-state index in [0.717, 1.165) is 120 Å². The molecule has 12 aromatic carbocycles. The van der Waals surface area contributed by atoms with Crippen molar-refractivity contribution < 1.29 is 159 Å². The van der Waals surface area contributed by atoms with E-state index in [1.54, 1.807) is 73.1 Å². The molecule has 0 spiro atoms. The molecular formula is C115H81BrClF2Ir6N15O6Si-6. The third-order valence-electron chi connectivity index (χ3n) is 23.6. The molecule has 0 saturated carbocycles. The molecule has 0 aliphatic rings. The summed E-state index contributed by atoms with van der Waals surface area (Å²) in [6.07, 6.45) is 23.3. The number of para-hydroxylation sites is 5. The van der Waals surface area contributed by atoms with Crippen LogP contribution in [0.25, 0.3) is 164 Å². The minimum Gasteiger partial charge on any atom is -0.477 e. The summed E-state index contributed by atoms with van der Waals surface area (Å²) in [5, 5.41) is 46.4. The standard InChI is InChI=1S/C19H17N2.C18H17N2Si.C15H8BrN2.C15H8ClN2.2C15H8FN2.3C6H5NO2.6Ir/c1-19(2,3)17-12-20-18-15-10-5-4-8-13(15)14-9-6-7-11-16(14)21(17)18;1-21(2,3)17-12-19-18-15-10-5-4-8-13(15)14-9-6-7-11-16(14)20(17)18;3*16-10-5-6-12-13(9-10)11-3-1-2-4-14(11)18-8-7-17-15(12)18;16-10-5-6-14-13(9-10)11-3-1-2-4-12(11)15-17-7-8-18(14)15;3*8-6(9)5-3-1-2-4-7-5;;;;;;/h2*4-9,11-12H,1-3H3;3*1-5,7-9H;1-3,5-9H;3*1-4H,(H,8,9);;;;;;/q6*-1;;;;;;;;;. The molecule has 0 amide bonds. The van der Waals surface area contributed by atoms with Crippen molar-refractivity contribution >= 4 is 223 Å². The van der Waals surface area contributed by atoms with Crippen LogP contribution in [0.5, 0.6) is 0 Å². The molecule has 15 heterocycles. The van der Waals surface area contributed by atoms with Gasteiger partial charge in [-0.3, -0.25) is 34.3 Å². The van der Waals surface area contributed by atoms with Crippen LogP contribution in [0, 0.1) is 48.0 Å². The fourth-order valence-corrected chi connectivity index (χ4v) is 19.3. The van der Waals surface area contributed by atoms with Gasteiger partial charge in [0.05, 0.1) is 42.0 Å². The van der Waals surface area contributed by atoms with Crippen molar-refractivity contribution in [3.05, 3.63) is 446 Å². The van der Waals surface area contributed by atoms with Crippen LogP contribution >= 0.6 is 27.5 Å². The first kappa shape index (κ1) is 111. The molecule has 3 N–H and O–H groups in total. The Morgan fingerprint density at radius 1 is 0.320 bits per heavy atom. The molecule has 21 nitrogen and oxygen atoms in total. The second-order valence-corrected chi connectivity index (χ2v) is 41.0. The van der Waals surface area contributed by atoms with Crippen molar-refractivity contribution in [1.82, 2.24) is 71.3 Å². The number of pyridine rings is 9. The normalized spacial score (nSPS) is 10.9. The Hall–Kier alpha value is -13.5. The second-order valence-electron chi connectivity index (χ2n) is 34.6.